The smallest absolute Gasteiger partial charge is 0.268 e. The van der Waals surface area contributed by atoms with Crippen LogP contribution in [0.2, 0.25) is 0 Å². The molecule has 0 aliphatic carbocycles. The molecule has 1 N–H and O–H groups in total. The lowest BCUT2D eigenvalue weighted by atomic mass is 9.96. The van der Waals surface area contributed by atoms with Crippen molar-refractivity contribution in [3.63, 3.8) is 0 Å². The second-order valence-electron chi connectivity index (χ2n) is 3.48. The van der Waals surface area contributed by atoms with Crippen LogP contribution in [0, 0.1) is 6.92 Å². The maximum Gasteiger partial charge on any atom is 0.268 e. The highest BCUT2D eigenvalue weighted by atomic mass is 32.2. The third-order valence-electron chi connectivity index (χ3n) is 2.46. The van der Waals surface area contributed by atoms with E-state index in [0.717, 1.165) is 5.56 Å². The molecule has 0 amide bonds. The predicted octanol–water partition coefficient (Wildman–Crippen LogP) is 2.27. The highest BCUT2D eigenvalue weighted by Crippen LogP contribution is 2.25. The molecular formula is C11H15O3S. The molecule has 4 heteroatoms. The second-order valence-corrected chi connectivity index (χ2v) is 5.11. The van der Waals surface area contributed by atoms with Crippen LogP contribution in [0.15, 0.2) is 30.3 Å². The minimum absolute atomic E-state index is 0.349. The number of hydrogen-bond donors (Lipinski definition) is 1. The first-order valence-electron chi connectivity index (χ1n) is 4.81. The summed E-state index contributed by atoms with van der Waals surface area (Å²) in [6, 6.07) is 9.12. The van der Waals surface area contributed by atoms with Gasteiger partial charge in [0.2, 0.25) is 0 Å². The molecule has 0 aliphatic heterocycles. The predicted molar refractivity (Wildman–Crippen MR) is 60.2 cm³/mol. The molecule has 2 unspecified atom stereocenters. The van der Waals surface area contributed by atoms with Crippen LogP contribution in [0.5, 0.6) is 0 Å². The standard InChI is InChI=1S/C11H15O3S/c1-3-11(15(12,13)14)9(2)10-7-5-4-6-8-10/h4-9,11H,2-3H2,1H3,(H,12,13,14). The molecule has 0 heterocycles. The van der Waals surface area contributed by atoms with Crippen LogP contribution in [0.1, 0.15) is 24.8 Å². The summed E-state index contributed by atoms with van der Waals surface area (Å²) >= 11 is 0. The van der Waals surface area contributed by atoms with E-state index in [9.17, 15) is 8.42 Å². The minimum Gasteiger partial charge on any atom is -0.285 e. The van der Waals surface area contributed by atoms with E-state index in [1.807, 2.05) is 30.3 Å². The fraction of sp³-hybridized carbons (Fsp3) is 0.364. The van der Waals surface area contributed by atoms with Crippen molar-refractivity contribution in [3.8, 4) is 0 Å². The largest absolute Gasteiger partial charge is 0.285 e. The normalized spacial score (nSPS) is 15.9. The van der Waals surface area contributed by atoms with Crippen LogP contribution in [-0.4, -0.2) is 18.2 Å². The fourth-order valence-electron chi connectivity index (χ4n) is 1.62. The number of rotatable bonds is 4. The molecule has 3 nitrogen and oxygen atoms in total. The number of hydrogen-bond acceptors (Lipinski definition) is 2. The summed E-state index contributed by atoms with van der Waals surface area (Å²) in [4.78, 5) is 0. The number of benzene rings is 1. The monoisotopic (exact) mass is 227 g/mol. The van der Waals surface area contributed by atoms with Crippen molar-refractivity contribution in [2.24, 2.45) is 0 Å². The maximum absolute atomic E-state index is 11.1. The summed E-state index contributed by atoms with van der Waals surface area (Å²) < 4.78 is 31.2. The Kier molecular flexibility index (Phi) is 3.88. The zero-order chi connectivity index (χ0) is 11.5. The zero-order valence-corrected chi connectivity index (χ0v) is 9.44. The van der Waals surface area contributed by atoms with Gasteiger partial charge in [0.1, 0.15) is 0 Å². The molecule has 2 atom stereocenters. The summed E-state index contributed by atoms with van der Waals surface area (Å²) in [5.74, 6) is -0.439. The van der Waals surface area contributed by atoms with Crippen molar-refractivity contribution in [2.45, 2.75) is 24.5 Å². The molecule has 1 rings (SSSR count). The SMILES string of the molecule is [CH2]C(c1ccccc1)C(CC)S(=O)(=O)O. The second kappa shape index (κ2) is 4.77. The Balaban J connectivity index is 2.98. The Morgan fingerprint density at radius 2 is 1.87 bits per heavy atom. The average molecular weight is 227 g/mol. The van der Waals surface area contributed by atoms with Gasteiger partial charge in [-0.3, -0.25) is 4.55 Å². The van der Waals surface area contributed by atoms with Gasteiger partial charge in [-0.2, -0.15) is 8.42 Å². The highest BCUT2D eigenvalue weighted by Gasteiger charge is 2.28. The van der Waals surface area contributed by atoms with Crippen molar-refractivity contribution in [1.82, 2.24) is 0 Å². The highest BCUT2D eigenvalue weighted by molar-refractivity contribution is 7.86. The van der Waals surface area contributed by atoms with Crippen LogP contribution < -0.4 is 0 Å². The maximum atomic E-state index is 11.1. The summed E-state index contributed by atoms with van der Waals surface area (Å²) in [5.41, 5.74) is 0.821. The average Bonchev–Trinajstić information content (AvgIpc) is 2.18. The molecule has 0 spiro atoms. The van der Waals surface area contributed by atoms with Crippen molar-refractivity contribution in [3.05, 3.63) is 42.8 Å². The van der Waals surface area contributed by atoms with Crippen molar-refractivity contribution < 1.29 is 13.0 Å². The molecule has 83 valence electrons. The van der Waals surface area contributed by atoms with Crippen LogP contribution >= 0.6 is 0 Å². The van der Waals surface area contributed by atoms with Crippen molar-refractivity contribution >= 4 is 10.1 Å². The Labute approximate surface area is 90.9 Å². The van der Waals surface area contributed by atoms with E-state index in [0.29, 0.717) is 6.42 Å². The minimum atomic E-state index is -4.02. The van der Waals surface area contributed by atoms with Crippen LogP contribution in [0.3, 0.4) is 0 Å². The molecule has 0 aliphatic rings. The topological polar surface area (TPSA) is 54.4 Å². The lowest BCUT2D eigenvalue weighted by molar-refractivity contribution is 0.457. The van der Waals surface area contributed by atoms with Crippen LogP contribution in [0.4, 0.5) is 0 Å². The third kappa shape index (κ3) is 3.04. The van der Waals surface area contributed by atoms with Gasteiger partial charge in [0.15, 0.2) is 0 Å². The molecule has 0 aromatic heterocycles. The lowest BCUT2D eigenvalue weighted by Crippen LogP contribution is -2.25. The molecule has 1 radical (unpaired) electrons. The molecule has 0 bridgehead atoms. The zero-order valence-electron chi connectivity index (χ0n) is 8.63. The van der Waals surface area contributed by atoms with Gasteiger partial charge in [0, 0.05) is 5.92 Å². The van der Waals surface area contributed by atoms with E-state index in [1.54, 1.807) is 6.92 Å². The van der Waals surface area contributed by atoms with E-state index in [1.165, 1.54) is 0 Å². The van der Waals surface area contributed by atoms with E-state index in [-0.39, 0.29) is 0 Å². The Morgan fingerprint density at radius 3 is 2.27 bits per heavy atom. The van der Waals surface area contributed by atoms with Gasteiger partial charge >= 0.3 is 0 Å². The lowest BCUT2D eigenvalue weighted by Gasteiger charge is -2.19. The van der Waals surface area contributed by atoms with Crippen LogP contribution in [-0.2, 0) is 10.1 Å². The molecule has 1 aromatic rings. The van der Waals surface area contributed by atoms with Gasteiger partial charge in [0.05, 0.1) is 5.25 Å². The first-order chi connectivity index (χ1) is 6.96. The van der Waals surface area contributed by atoms with E-state index < -0.39 is 21.3 Å². The third-order valence-corrected chi connectivity index (χ3v) is 3.89. The summed E-state index contributed by atoms with van der Waals surface area (Å²) in [6.07, 6.45) is 0.349. The van der Waals surface area contributed by atoms with Crippen molar-refractivity contribution in [1.29, 1.82) is 0 Å². The summed E-state index contributed by atoms with van der Waals surface area (Å²) in [5, 5.41) is -0.833. The Bertz CT molecular complexity index is 397. The Morgan fingerprint density at radius 1 is 1.33 bits per heavy atom. The van der Waals surface area contributed by atoms with E-state index in [4.69, 9.17) is 4.55 Å². The summed E-state index contributed by atoms with van der Waals surface area (Å²) in [7, 11) is -4.02. The van der Waals surface area contributed by atoms with Gasteiger partial charge < -0.3 is 0 Å². The first-order valence-corrected chi connectivity index (χ1v) is 6.31. The van der Waals surface area contributed by atoms with Gasteiger partial charge in [-0.05, 0) is 18.9 Å². The van der Waals surface area contributed by atoms with Gasteiger partial charge in [-0.15, -0.1) is 0 Å². The quantitative estimate of drug-likeness (QED) is 0.803. The Hall–Kier alpha value is -0.870. The molecule has 1 aromatic carbocycles. The molecule has 15 heavy (non-hydrogen) atoms. The van der Waals surface area contributed by atoms with E-state index >= 15 is 0 Å². The van der Waals surface area contributed by atoms with Crippen LogP contribution in [0.25, 0.3) is 0 Å². The van der Waals surface area contributed by atoms with Crippen molar-refractivity contribution in [2.75, 3.05) is 0 Å². The molecule has 0 saturated carbocycles. The van der Waals surface area contributed by atoms with E-state index in [2.05, 4.69) is 6.92 Å². The molecule has 0 fully saturated rings. The molecule has 0 saturated heterocycles. The van der Waals surface area contributed by atoms with Gasteiger partial charge in [0.25, 0.3) is 10.1 Å². The van der Waals surface area contributed by atoms with Gasteiger partial charge in [-0.25, -0.2) is 0 Å². The first kappa shape index (κ1) is 12.2. The molecular weight excluding hydrogens is 212 g/mol. The van der Waals surface area contributed by atoms with Gasteiger partial charge in [-0.1, -0.05) is 37.3 Å². The fourth-order valence-corrected chi connectivity index (χ4v) is 2.61. The summed E-state index contributed by atoms with van der Waals surface area (Å²) in [6.45, 7) is 5.53.